The predicted octanol–water partition coefficient (Wildman–Crippen LogP) is 3.37. The maximum atomic E-state index is 13.0. The van der Waals surface area contributed by atoms with Crippen LogP contribution in [0.4, 0.5) is 4.39 Å². The van der Waals surface area contributed by atoms with E-state index in [0.717, 1.165) is 0 Å². The minimum Gasteiger partial charge on any atom is -0.471 e. The van der Waals surface area contributed by atoms with Gasteiger partial charge in [0.05, 0.1) is 13.2 Å². The molecular formula is C12H9BrFNO2. The molecule has 0 aliphatic carbocycles. The van der Waals surface area contributed by atoms with Crippen LogP contribution in [-0.2, 0) is 9.53 Å². The van der Waals surface area contributed by atoms with E-state index in [1.54, 1.807) is 13.0 Å². The zero-order valence-corrected chi connectivity index (χ0v) is 10.6. The summed E-state index contributed by atoms with van der Waals surface area (Å²) in [5.41, 5.74) is 0.224. The van der Waals surface area contributed by atoms with Gasteiger partial charge in [-0.2, -0.15) is 0 Å². The van der Waals surface area contributed by atoms with Gasteiger partial charge in [-0.3, -0.25) is 4.79 Å². The predicted molar refractivity (Wildman–Crippen MR) is 65.5 cm³/mol. The number of carbonyl (C=O) groups excluding carboxylic acids is 1. The van der Waals surface area contributed by atoms with Gasteiger partial charge in [-0.1, -0.05) is 28.1 Å². The summed E-state index contributed by atoms with van der Waals surface area (Å²) in [7, 11) is 0. The van der Waals surface area contributed by atoms with Crippen molar-refractivity contribution in [2.24, 2.45) is 0 Å². The lowest BCUT2D eigenvalue weighted by Crippen LogP contribution is -2.06. The van der Waals surface area contributed by atoms with Crippen LogP contribution in [0.3, 0.4) is 0 Å². The van der Waals surface area contributed by atoms with Crippen LogP contribution in [0, 0.1) is 12.4 Å². The summed E-state index contributed by atoms with van der Waals surface area (Å²) >= 11 is 3.12. The molecular weight excluding hydrogens is 289 g/mol. The van der Waals surface area contributed by atoms with Crippen LogP contribution < -0.4 is 0 Å². The Labute approximate surface area is 107 Å². The molecule has 0 bridgehead atoms. The van der Waals surface area contributed by atoms with Crippen molar-refractivity contribution in [1.82, 2.24) is 0 Å². The fraction of sp³-hybridized carbons (Fsp3) is 0.167. The first-order valence-electron chi connectivity index (χ1n) is 4.80. The maximum Gasteiger partial charge on any atom is 0.337 e. The highest BCUT2D eigenvalue weighted by Crippen LogP contribution is 2.27. The summed E-state index contributed by atoms with van der Waals surface area (Å²) in [5, 5.41) is 0. The molecule has 0 fully saturated rings. The number of halogens is 2. The minimum absolute atomic E-state index is 0.182. The molecule has 1 aromatic carbocycles. The number of ether oxygens (including phenoxy) is 1. The summed E-state index contributed by atoms with van der Waals surface area (Å²) in [6.07, 6.45) is 0. The maximum absolute atomic E-state index is 13.0. The number of carbonyl (C=O) groups is 1. The van der Waals surface area contributed by atoms with Crippen LogP contribution in [0.5, 0.6) is 0 Å². The van der Waals surface area contributed by atoms with Crippen LogP contribution in [0.2, 0.25) is 0 Å². The molecule has 0 amide bonds. The molecule has 0 saturated heterocycles. The van der Waals surface area contributed by atoms with Gasteiger partial charge in [0.25, 0.3) is 5.70 Å². The lowest BCUT2D eigenvalue weighted by molar-refractivity contribution is -0.138. The van der Waals surface area contributed by atoms with Crippen molar-refractivity contribution in [1.29, 1.82) is 0 Å². The smallest absolute Gasteiger partial charge is 0.337 e. The van der Waals surface area contributed by atoms with Crippen molar-refractivity contribution in [3.8, 4) is 0 Å². The van der Waals surface area contributed by atoms with Gasteiger partial charge in [0.1, 0.15) is 5.82 Å². The van der Waals surface area contributed by atoms with Crippen molar-refractivity contribution >= 4 is 26.4 Å². The van der Waals surface area contributed by atoms with E-state index in [-0.39, 0.29) is 16.8 Å². The number of rotatable bonds is 3. The molecule has 0 spiro atoms. The van der Waals surface area contributed by atoms with Gasteiger partial charge in [0.2, 0.25) is 0 Å². The van der Waals surface area contributed by atoms with Crippen molar-refractivity contribution in [3.63, 3.8) is 0 Å². The molecule has 88 valence electrons. The summed E-state index contributed by atoms with van der Waals surface area (Å²) < 4.78 is 18.0. The third-order valence-corrected chi connectivity index (χ3v) is 2.70. The van der Waals surface area contributed by atoms with E-state index in [9.17, 15) is 9.18 Å². The van der Waals surface area contributed by atoms with Gasteiger partial charge in [-0.15, -0.1) is 0 Å². The van der Waals surface area contributed by atoms with Gasteiger partial charge >= 0.3 is 5.97 Å². The standard InChI is InChI=1S/C12H9BrFNO2/c1-3-17-12(16)11(15-2)10(13)8-5-4-6-9(14)7-8/h4-7H,3H2,1H3. The molecule has 5 heteroatoms. The molecule has 0 radical (unpaired) electrons. The Morgan fingerprint density at radius 3 is 2.82 bits per heavy atom. The fourth-order valence-electron chi connectivity index (χ4n) is 1.15. The zero-order chi connectivity index (χ0) is 12.8. The first kappa shape index (κ1) is 13.4. The molecule has 0 unspecified atom stereocenters. The second kappa shape index (κ2) is 6.16. The van der Waals surface area contributed by atoms with E-state index in [1.165, 1.54) is 18.2 Å². The van der Waals surface area contributed by atoms with Crippen molar-refractivity contribution in [2.45, 2.75) is 6.92 Å². The summed E-state index contributed by atoms with van der Waals surface area (Å²) in [4.78, 5) is 14.6. The minimum atomic E-state index is -0.723. The molecule has 17 heavy (non-hydrogen) atoms. The zero-order valence-electron chi connectivity index (χ0n) is 9.04. The third kappa shape index (κ3) is 3.40. The van der Waals surface area contributed by atoms with E-state index in [2.05, 4.69) is 20.8 Å². The van der Waals surface area contributed by atoms with E-state index in [1.807, 2.05) is 0 Å². The second-order valence-corrected chi connectivity index (χ2v) is 3.80. The highest BCUT2D eigenvalue weighted by atomic mass is 79.9. The molecule has 0 atom stereocenters. The summed E-state index contributed by atoms with van der Waals surface area (Å²) in [6, 6.07) is 5.61. The Hall–Kier alpha value is -1.67. The summed E-state index contributed by atoms with van der Waals surface area (Å²) in [5.74, 6) is -1.16. The van der Waals surface area contributed by atoms with Gasteiger partial charge < -0.3 is 4.74 Å². The van der Waals surface area contributed by atoms with Gasteiger partial charge in [0.15, 0.2) is 0 Å². The van der Waals surface area contributed by atoms with Crippen molar-refractivity contribution < 1.29 is 13.9 Å². The molecule has 0 saturated carbocycles. The first-order chi connectivity index (χ1) is 8.10. The monoisotopic (exact) mass is 297 g/mol. The highest BCUT2D eigenvalue weighted by Gasteiger charge is 2.17. The van der Waals surface area contributed by atoms with Gasteiger partial charge in [-0.25, -0.2) is 9.24 Å². The quantitative estimate of drug-likeness (QED) is 0.486. The largest absolute Gasteiger partial charge is 0.471 e. The normalized spacial score (nSPS) is 11.4. The van der Waals surface area contributed by atoms with Gasteiger partial charge in [-0.05, 0) is 24.6 Å². The lowest BCUT2D eigenvalue weighted by Gasteiger charge is -2.04. The third-order valence-electron chi connectivity index (χ3n) is 1.87. The summed E-state index contributed by atoms with van der Waals surface area (Å²) in [6.45, 7) is 8.77. The SMILES string of the molecule is [C-]#[N+]C(C(=O)OCC)=C(Br)c1cccc(F)c1. The Balaban J connectivity index is 3.18. The Morgan fingerprint density at radius 1 is 1.59 bits per heavy atom. The van der Waals surface area contributed by atoms with Crippen LogP contribution in [-0.4, -0.2) is 12.6 Å². The lowest BCUT2D eigenvalue weighted by atomic mass is 10.2. The number of nitrogens with zero attached hydrogens (tertiary/aromatic N) is 1. The van der Waals surface area contributed by atoms with Crippen LogP contribution in [0.25, 0.3) is 9.33 Å². The van der Waals surface area contributed by atoms with E-state index >= 15 is 0 Å². The van der Waals surface area contributed by atoms with E-state index in [4.69, 9.17) is 11.3 Å². The molecule has 0 aliphatic heterocycles. The second-order valence-electron chi connectivity index (χ2n) is 3.01. The molecule has 1 aromatic rings. The first-order valence-corrected chi connectivity index (χ1v) is 5.59. The average Bonchev–Trinajstić information content (AvgIpc) is 2.30. The van der Waals surface area contributed by atoms with Gasteiger partial charge in [0, 0.05) is 4.48 Å². The fourth-order valence-corrected chi connectivity index (χ4v) is 1.64. The molecule has 0 aliphatic rings. The average molecular weight is 298 g/mol. The topological polar surface area (TPSA) is 30.7 Å². The van der Waals surface area contributed by atoms with Crippen LogP contribution >= 0.6 is 15.9 Å². The van der Waals surface area contributed by atoms with E-state index < -0.39 is 11.8 Å². The Kier molecular flexibility index (Phi) is 4.85. The number of esters is 1. The molecule has 0 aromatic heterocycles. The van der Waals surface area contributed by atoms with Crippen molar-refractivity contribution in [3.05, 3.63) is 52.8 Å². The number of benzene rings is 1. The van der Waals surface area contributed by atoms with Crippen LogP contribution in [0.1, 0.15) is 12.5 Å². The number of hydrogen-bond acceptors (Lipinski definition) is 2. The molecule has 0 N–H and O–H groups in total. The van der Waals surface area contributed by atoms with Crippen molar-refractivity contribution in [2.75, 3.05) is 6.61 Å². The number of hydrogen-bond donors (Lipinski definition) is 0. The van der Waals surface area contributed by atoms with E-state index in [0.29, 0.717) is 5.56 Å². The molecule has 0 heterocycles. The van der Waals surface area contributed by atoms with Crippen LogP contribution in [0.15, 0.2) is 30.0 Å². The Bertz CT molecular complexity index is 505. The molecule has 1 rings (SSSR count). The Morgan fingerprint density at radius 2 is 2.29 bits per heavy atom. The highest BCUT2D eigenvalue weighted by molar-refractivity contribution is 9.15. The molecule has 3 nitrogen and oxygen atoms in total.